The normalized spacial score (nSPS) is 22.7. The van der Waals surface area contributed by atoms with Crippen molar-refractivity contribution in [3.05, 3.63) is 24.3 Å². The topological polar surface area (TPSA) is 66.3 Å². The molecule has 0 bridgehead atoms. The van der Waals surface area contributed by atoms with Gasteiger partial charge in [0.2, 0.25) is 0 Å². The third kappa shape index (κ3) is 4.06. The van der Waals surface area contributed by atoms with Gasteiger partial charge in [0.05, 0.1) is 38.5 Å². The minimum absolute atomic E-state index is 0.000945. The lowest BCUT2D eigenvalue weighted by molar-refractivity contribution is -0.907. The van der Waals surface area contributed by atoms with Crippen molar-refractivity contribution >= 4 is 17.6 Å². The standard InChI is InChI=1S/C22H32N4O3/c1-2-29-19-10-6-5-9-18(19)25-15-13-24(14-16-25)17-26-20(27)22(23-21(26)28)11-7-3-4-8-12-22/h5-6,9-10H,2-4,7-8,11-17H2,1H3,(H,23,28)/p+1. The minimum atomic E-state index is -0.634. The van der Waals surface area contributed by atoms with Crippen LogP contribution < -0.4 is 19.9 Å². The zero-order chi connectivity index (χ0) is 20.3. The van der Waals surface area contributed by atoms with Gasteiger partial charge in [-0.2, -0.15) is 0 Å². The van der Waals surface area contributed by atoms with Crippen LogP contribution in [0.5, 0.6) is 5.75 Å². The number of carbonyl (C=O) groups is 2. The number of anilines is 1. The first kappa shape index (κ1) is 20.0. The molecule has 1 saturated carbocycles. The van der Waals surface area contributed by atoms with E-state index in [2.05, 4.69) is 16.3 Å². The third-order valence-corrected chi connectivity index (χ3v) is 6.56. The van der Waals surface area contributed by atoms with E-state index in [1.165, 1.54) is 9.80 Å². The molecule has 0 radical (unpaired) electrons. The van der Waals surface area contributed by atoms with Crippen LogP contribution in [0.2, 0.25) is 0 Å². The van der Waals surface area contributed by atoms with Crippen LogP contribution in [0, 0.1) is 0 Å². The van der Waals surface area contributed by atoms with E-state index in [-0.39, 0.29) is 11.9 Å². The monoisotopic (exact) mass is 401 g/mol. The van der Waals surface area contributed by atoms with Crippen molar-refractivity contribution in [1.82, 2.24) is 10.2 Å². The van der Waals surface area contributed by atoms with E-state index in [0.717, 1.165) is 76.1 Å². The van der Waals surface area contributed by atoms with E-state index in [1.54, 1.807) is 0 Å². The zero-order valence-electron chi connectivity index (χ0n) is 17.4. The number of carbonyl (C=O) groups excluding carboxylic acids is 2. The molecular weight excluding hydrogens is 368 g/mol. The smallest absolute Gasteiger partial charge is 0.329 e. The van der Waals surface area contributed by atoms with Gasteiger partial charge in [-0.1, -0.05) is 37.8 Å². The fraction of sp³-hybridized carbons (Fsp3) is 0.636. The molecule has 0 unspecified atom stereocenters. The minimum Gasteiger partial charge on any atom is -0.492 e. The highest BCUT2D eigenvalue weighted by atomic mass is 16.5. The number of piperazine rings is 1. The molecule has 1 spiro atoms. The Bertz CT molecular complexity index is 737. The summed E-state index contributed by atoms with van der Waals surface area (Å²) in [5, 5.41) is 3.05. The largest absolute Gasteiger partial charge is 0.492 e. The molecule has 29 heavy (non-hydrogen) atoms. The number of nitrogens with one attached hydrogen (secondary N) is 2. The Morgan fingerprint density at radius 3 is 2.45 bits per heavy atom. The van der Waals surface area contributed by atoms with Crippen LogP contribution in [-0.2, 0) is 4.79 Å². The maximum absolute atomic E-state index is 13.1. The lowest BCUT2D eigenvalue weighted by Gasteiger charge is -2.35. The summed E-state index contributed by atoms with van der Waals surface area (Å²) in [5.41, 5.74) is 0.492. The number of ether oxygens (including phenoxy) is 1. The molecule has 2 saturated heterocycles. The van der Waals surface area contributed by atoms with Crippen LogP contribution in [0.25, 0.3) is 0 Å². The Balaban J connectivity index is 1.36. The fourth-order valence-corrected chi connectivity index (χ4v) is 4.93. The SMILES string of the molecule is CCOc1ccccc1N1CC[NH+](CN2C(=O)NC3(CCCCCC3)C2=O)CC1. The second kappa shape index (κ2) is 8.61. The number of hydrogen-bond donors (Lipinski definition) is 2. The van der Waals surface area contributed by atoms with Crippen molar-refractivity contribution in [3.63, 3.8) is 0 Å². The van der Waals surface area contributed by atoms with E-state index in [1.807, 2.05) is 25.1 Å². The molecule has 3 fully saturated rings. The van der Waals surface area contributed by atoms with Crippen LogP contribution in [0.1, 0.15) is 45.4 Å². The molecule has 0 aromatic heterocycles. The summed E-state index contributed by atoms with van der Waals surface area (Å²) in [4.78, 5) is 30.8. The number of amides is 3. The zero-order valence-corrected chi connectivity index (χ0v) is 17.4. The van der Waals surface area contributed by atoms with E-state index in [0.29, 0.717) is 13.3 Å². The van der Waals surface area contributed by atoms with Crippen molar-refractivity contribution in [3.8, 4) is 5.75 Å². The van der Waals surface area contributed by atoms with E-state index >= 15 is 0 Å². The molecule has 1 aromatic carbocycles. The summed E-state index contributed by atoms with van der Waals surface area (Å²) in [6.45, 7) is 6.67. The summed E-state index contributed by atoms with van der Waals surface area (Å²) >= 11 is 0. The van der Waals surface area contributed by atoms with Gasteiger partial charge < -0.3 is 19.9 Å². The molecule has 158 valence electrons. The van der Waals surface area contributed by atoms with Gasteiger partial charge in [0.15, 0.2) is 6.67 Å². The van der Waals surface area contributed by atoms with Crippen LogP contribution in [0.15, 0.2) is 24.3 Å². The molecule has 2 heterocycles. The summed E-state index contributed by atoms with van der Waals surface area (Å²) < 4.78 is 5.77. The number of benzene rings is 1. The summed E-state index contributed by atoms with van der Waals surface area (Å²) in [6.07, 6.45) is 5.91. The molecule has 0 atom stereocenters. The van der Waals surface area contributed by atoms with Crippen LogP contribution >= 0.6 is 0 Å². The molecule has 1 aliphatic carbocycles. The quantitative estimate of drug-likeness (QED) is 0.732. The van der Waals surface area contributed by atoms with Gasteiger partial charge in [0.1, 0.15) is 11.3 Å². The summed E-state index contributed by atoms with van der Waals surface area (Å²) in [6, 6.07) is 7.95. The molecule has 4 rings (SSSR count). The van der Waals surface area contributed by atoms with Gasteiger partial charge >= 0.3 is 6.03 Å². The highest BCUT2D eigenvalue weighted by molar-refractivity contribution is 6.06. The van der Waals surface area contributed by atoms with Gasteiger partial charge in [0, 0.05) is 0 Å². The molecule has 2 aliphatic heterocycles. The lowest BCUT2D eigenvalue weighted by Crippen LogP contribution is -3.16. The first-order chi connectivity index (χ1) is 14.1. The molecule has 7 heteroatoms. The Morgan fingerprint density at radius 2 is 1.76 bits per heavy atom. The number of rotatable bonds is 5. The van der Waals surface area contributed by atoms with Crippen molar-refractivity contribution < 1.29 is 19.2 Å². The number of imide groups is 1. The third-order valence-electron chi connectivity index (χ3n) is 6.56. The van der Waals surface area contributed by atoms with Crippen LogP contribution in [0.4, 0.5) is 10.5 Å². The number of para-hydroxylation sites is 2. The van der Waals surface area contributed by atoms with Crippen molar-refractivity contribution in [1.29, 1.82) is 0 Å². The van der Waals surface area contributed by atoms with Gasteiger partial charge in [-0.15, -0.1) is 0 Å². The van der Waals surface area contributed by atoms with Gasteiger partial charge in [-0.3, -0.25) is 4.79 Å². The van der Waals surface area contributed by atoms with Gasteiger partial charge in [-0.05, 0) is 31.9 Å². The number of hydrogen-bond acceptors (Lipinski definition) is 4. The Morgan fingerprint density at radius 1 is 1.07 bits per heavy atom. The van der Waals surface area contributed by atoms with E-state index in [4.69, 9.17) is 4.74 Å². The summed E-state index contributed by atoms with van der Waals surface area (Å²) in [5.74, 6) is 0.920. The molecule has 7 nitrogen and oxygen atoms in total. The number of urea groups is 1. The van der Waals surface area contributed by atoms with E-state index in [9.17, 15) is 9.59 Å². The maximum Gasteiger partial charge on any atom is 0.329 e. The Labute approximate surface area is 173 Å². The number of quaternary nitrogens is 1. The molecular formula is C22H33N4O3+. The van der Waals surface area contributed by atoms with Gasteiger partial charge in [-0.25, -0.2) is 9.69 Å². The van der Waals surface area contributed by atoms with Crippen molar-refractivity contribution in [2.45, 2.75) is 51.0 Å². The second-order valence-electron chi connectivity index (χ2n) is 8.46. The van der Waals surface area contributed by atoms with Crippen LogP contribution in [0.3, 0.4) is 0 Å². The lowest BCUT2D eigenvalue weighted by atomic mass is 9.90. The average molecular weight is 402 g/mol. The predicted molar refractivity (Wildman–Crippen MR) is 111 cm³/mol. The predicted octanol–water partition coefficient (Wildman–Crippen LogP) is 1.39. The van der Waals surface area contributed by atoms with Crippen molar-refractivity contribution in [2.75, 3.05) is 44.4 Å². The Kier molecular flexibility index (Phi) is 5.94. The first-order valence-electron chi connectivity index (χ1n) is 11.1. The molecule has 1 aromatic rings. The summed E-state index contributed by atoms with van der Waals surface area (Å²) in [7, 11) is 0. The highest BCUT2D eigenvalue weighted by Crippen LogP contribution is 2.32. The fourth-order valence-electron chi connectivity index (χ4n) is 4.93. The molecule has 3 amide bonds. The van der Waals surface area contributed by atoms with Crippen LogP contribution in [-0.4, -0.2) is 61.8 Å². The van der Waals surface area contributed by atoms with Crippen molar-refractivity contribution in [2.24, 2.45) is 0 Å². The highest BCUT2D eigenvalue weighted by Gasteiger charge is 2.51. The van der Waals surface area contributed by atoms with E-state index < -0.39 is 5.54 Å². The molecule has 2 N–H and O–H groups in total. The second-order valence-corrected chi connectivity index (χ2v) is 8.46. The maximum atomic E-state index is 13.1. The molecule has 3 aliphatic rings. The first-order valence-corrected chi connectivity index (χ1v) is 11.1. The Hall–Kier alpha value is -2.28. The number of nitrogens with zero attached hydrogens (tertiary/aromatic N) is 2. The average Bonchev–Trinajstić information content (AvgIpc) is 2.89. The van der Waals surface area contributed by atoms with Gasteiger partial charge in [0.25, 0.3) is 5.91 Å².